The molecule has 0 spiro atoms. The van der Waals surface area contributed by atoms with Gasteiger partial charge in [0, 0.05) is 41.8 Å². The van der Waals surface area contributed by atoms with E-state index in [1.807, 2.05) is 24.6 Å². The van der Waals surface area contributed by atoms with E-state index in [1.54, 1.807) is 11.9 Å². The summed E-state index contributed by atoms with van der Waals surface area (Å²) in [6.07, 6.45) is 6.44. The molecule has 1 aromatic carbocycles. The average molecular weight is 527 g/mol. The van der Waals surface area contributed by atoms with E-state index in [9.17, 15) is 0 Å². The number of anilines is 3. The lowest BCUT2D eigenvalue weighted by Crippen LogP contribution is -2.30. The normalized spacial score (nSPS) is 14.9. The lowest BCUT2D eigenvalue weighted by atomic mass is 10.2. The first-order chi connectivity index (χ1) is 18.0. The van der Waals surface area contributed by atoms with Gasteiger partial charge in [-0.15, -0.1) is 0 Å². The van der Waals surface area contributed by atoms with Crippen LogP contribution >= 0.6 is 11.9 Å². The van der Waals surface area contributed by atoms with Gasteiger partial charge in [0.2, 0.25) is 0 Å². The van der Waals surface area contributed by atoms with Crippen LogP contribution in [0.3, 0.4) is 0 Å². The third-order valence-electron chi connectivity index (χ3n) is 6.36. The zero-order valence-electron chi connectivity index (χ0n) is 23.6. The van der Waals surface area contributed by atoms with Crippen LogP contribution in [0.1, 0.15) is 45.6 Å². The van der Waals surface area contributed by atoms with Crippen LogP contribution in [0.4, 0.5) is 17.3 Å². The van der Waals surface area contributed by atoms with E-state index < -0.39 is 0 Å². The molecular weight excluding hydrogens is 480 g/mol. The first kappa shape index (κ1) is 29.2. The molecule has 0 bridgehead atoms. The van der Waals surface area contributed by atoms with E-state index in [4.69, 9.17) is 4.98 Å². The van der Waals surface area contributed by atoms with Crippen LogP contribution in [0.2, 0.25) is 0 Å². The van der Waals surface area contributed by atoms with Gasteiger partial charge in [0.05, 0.1) is 6.20 Å². The van der Waals surface area contributed by atoms with E-state index in [0.29, 0.717) is 0 Å². The standard InChI is InChI=1S/C26H40N8S.C2H6/c1-5-21-20-28-34-25(29-22-9-11-23(12-10-22)35-31(2)3)19-24(30-26(21)34)27-13-6-7-15-33-16-8-14-32(4)17-18-33;1-2/h9-12,19-20,29H,5-8,13-18H2,1-4H3,(H,27,30);1-2H3. The van der Waals surface area contributed by atoms with Gasteiger partial charge < -0.3 is 20.4 Å². The molecule has 204 valence electrons. The number of aromatic nitrogens is 3. The van der Waals surface area contributed by atoms with Crippen LogP contribution in [0.25, 0.3) is 5.65 Å². The number of hydrogen-bond acceptors (Lipinski definition) is 8. The Morgan fingerprint density at radius 3 is 2.54 bits per heavy atom. The van der Waals surface area contributed by atoms with Crippen molar-refractivity contribution >= 4 is 34.9 Å². The lowest BCUT2D eigenvalue weighted by Gasteiger charge is -2.20. The number of aryl methyl sites for hydroxylation is 1. The van der Waals surface area contributed by atoms with E-state index in [1.165, 1.54) is 50.5 Å². The molecule has 1 fully saturated rings. The quantitative estimate of drug-likeness (QED) is 0.252. The Balaban J connectivity index is 0.00000186. The number of nitrogens with zero attached hydrogens (tertiary/aromatic N) is 6. The van der Waals surface area contributed by atoms with Gasteiger partial charge in [-0.2, -0.15) is 9.61 Å². The maximum absolute atomic E-state index is 4.89. The van der Waals surface area contributed by atoms with Crippen LogP contribution < -0.4 is 10.6 Å². The average Bonchev–Trinajstić information content (AvgIpc) is 3.20. The summed E-state index contributed by atoms with van der Waals surface area (Å²) in [6, 6.07) is 10.5. The molecule has 1 aliphatic heterocycles. The molecule has 0 saturated carbocycles. The number of benzene rings is 1. The minimum Gasteiger partial charge on any atom is -0.370 e. The van der Waals surface area contributed by atoms with Crippen molar-refractivity contribution in [2.24, 2.45) is 0 Å². The Morgan fingerprint density at radius 1 is 1.03 bits per heavy atom. The van der Waals surface area contributed by atoms with Crippen LogP contribution in [0, 0.1) is 0 Å². The molecule has 1 saturated heterocycles. The fourth-order valence-corrected chi connectivity index (χ4v) is 5.08. The maximum Gasteiger partial charge on any atom is 0.162 e. The highest BCUT2D eigenvalue weighted by Gasteiger charge is 2.13. The molecule has 0 atom stereocenters. The van der Waals surface area contributed by atoms with Gasteiger partial charge in [-0.05, 0) is 103 Å². The summed E-state index contributed by atoms with van der Waals surface area (Å²) in [7, 11) is 6.33. The summed E-state index contributed by atoms with van der Waals surface area (Å²) in [5.41, 5.74) is 3.09. The summed E-state index contributed by atoms with van der Waals surface area (Å²) in [5, 5.41) is 11.7. The molecule has 0 aliphatic carbocycles. The lowest BCUT2D eigenvalue weighted by molar-refractivity contribution is 0.272. The third kappa shape index (κ3) is 8.88. The largest absolute Gasteiger partial charge is 0.370 e. The molecule has 3 aromatic rings. The highest BCUT2D eigenvalue weighted by Crippen LogP contribution is 2.26. The van der Waals surface area contributed by atoms with Crippen molar-refractivity contribution in [2.75, 3.05) is 71.0 Å². The van der Waals surface area contributed by atoms with Crippen molar-refractivity contribution in [2.45, 2.75) is 51.3 Å². The second kappa shape index (κ2) is 15.2. The summed E-state index contributed by atoms with van der Waals surface area (Å²) in [6.45, 7) is 13.1. The molecule has 4 rings (SSSR count). The van der Waals surface area contributed by atoms with Crippen LogP contribution in [-0.4, -0.2) is 89.1 Å². The monoisotopic (exact) mass is 526 g/mol. The minimum absolute atomic E-state index is 0.895. The molecule has 1 aliphatic rings. The fourth-order valence-electron chi connectivity index (χ4n) is 4.40. The van der Waals surface area contributed by atoms with Gasteiger partial charge in [0.1, 0.15) is 11.6 Å². The second-order valence-corrected chi connectivity index (χ2v) is 10.9. The van der Waals surface area contributed by atoms with E-state index in [-0.39, 0.29) is 0 Å². The number of nitrogens with one attached hydrogen (secondary N) is 2. The van der Waals surface area contributed by atoms with Gasteiger partial charge in [0.25, 0.3) is 0 Å². The second-order valence-electron chi connectivity index (χ2n) is 9.47. The molecule has 0 unspecified atom stereocenters. The predicted molar refractivity (Wildman–Crippen MR) is 159 cm³/mol. The zero-order chi connectivity index (χ0) is 26.6. The van der Waals surface area contributed by atoms with Gasteiger partial charge in [-0.1, -0.05) is 20.8 Å². The summed E-state index contributed by atoms with van der Waals surface area (Å²) in [5.74, 6) is 1.81. The number of unbranched alkanes of at least 4 members (excludes halogenated alkanes) is 1. The summed E-state index contributed by atoms with van der Waals surface area (Å²) in [4.78, 5) is 11.1. The Labute approximate surface area is 227 Å². The topological polar surface area (TPSA) is 64.0 Å². The SMILES string of the molecule is CC.CCc1cnn2c(Nc3ccc(SN(C)C)cc3)cc(NCCCCN3CCCN(C)CC3)nc12. The Hall–Kier alpha value is -2.33. The highest BCUT2D eigenvalue weighted by molar-refractivity contribution is 7.97. The van der Waals surface area contributed by atoms with Crippen LogP contribution in [0.5, 0.6) is 0 Å². The third-order valence-corrected chi connectivity index (χ3v) is 7.21. The van der Waals surface area contributed by atoms with Gasteiger partial charge in [-0.3, -0.25) is 4.31 Å². The number of fused-ring (bicyclic) bond motifs is 1. The summed E-state index contributed by atoms with van der Waals surface area (Å²) < 4.78 is 4.00. The first-order valence-corrected chi connectivity index (χ1v) is 14.5. The zero-order valence-corrected chi connectivity index (χ0v) is 24.4. The Kier molecular flexibility index (Phi) is 12.0. The van der Waals surface area contributed by atoms with Crippen molar-refractivity contribution in [3.63, 3.8) is 0 Å². The maximum atomic E-state index is 4.89. The molecule has 37 heavy (non-hydrogen) atoms. The Bertz CT molecular complexity index is 1070. The number of likely N-dealkylation sites (N-methyl/N-ethyl adjacent to an activating group) is 1. The first-order valence-electron chi connectivity index (χ1n) is 13.8. The molecule has 2 aromatic heterocycles. The number of rotatable bonds is 11. The smallest absolute Gasteiger partial charge is 0.162 e. The van der Waals surface area contributed by atoms with Crippen molar-refractivity contribution in [1.82, 2.24) is 28.7 Å². The molecule has 3 heterocycles. The van der Waals surface area contributed by atoms with Gasteiger partial charge in [-0.25, -0.2) is 4.98 Å². The van der Waals surface area contributed by atoms with Crippen molar-refractivity contribution in [3.8, 4) is 0 Å². The molecular formula is C28H46N8S. The van der Waals surface area contributed by atoms with Crippen molar-refractivity contribution < 1.29 is 0 Å². The van der Waals surface area contributed by atoms with E-state index in [2.05, 4.69) is 88.2 Å². The Morgan fingerprint density at radius 2 is 1.81 bits per heavy atom. The van der Waals surface area contributed by atoms with Crippen molar-refractivity contribution in [3.05, 3.63) is 42.1 Å². The van der Waals surface area contributed by atoms with Crippen LogP contribution in [-0.2, 0) is 6.42 Å². The predicted octanol–water partition coefficient (Wildman–Crippen LogP) is 5.46. The molecule has 0 amide bonds. The van der Waals surface area contributed by atoms with Crippen molar-refractivity contribution in [1.29, 1.82) is 0 Å². The van der Waals surface area contributed by atoms with Gasteiger partial charge in [0.15, 0.2) is 5.65 Å². The van der Waals surface area contributed by atoms with Crippen LogP contribution in [0.15, 0.2) is 41.4 Å². The molecule has 2 N–H and O–H groups in total. The molecule has 9 heteroatoms. The van der Waals surface area contributed by atoms with E-state index >= 15 is 0 Å². The minimum atomic E-state index is 0.895. The summed E-state index contributed by atoms with van der Waals surface area (Å²) >= 11 is 1.71. The molecule has 0 radical (unpaired) electrons. The molecule has 8 nitrogen and oxygen atoms in total. The fraction of sp³-hybridized carbons (Fsp3) is 0.571. The highest BCUT2D eigenvalue weighted by atomic mass is 32.2. The number of hydrogen-bond donors (Lipinski definition) is 2. The van der Waals surface area contributed by atoms with Gasteiger partial charge >= 0.3 is 0 Å². The van der Waals surface area contributed by atoms with E-state index in [0.717, 1.165) is 47.9 Å².